The topological polar surface area (TPSA) is 63.7 Å². The SMILES string of the molecule is COc1cc(OC)c(F)c(-c2cc3c(cn2)CNC(=O)N3C)c1F. The second kappa shape index (κ2) is 5.95. The summed E-state index contributed by atoms with van der Waals surface area (Å²) in [5.41, 5.74) is 0.955. The number of carbonyl (C=O) groups excluding carboxylic acids is 1. The van der Waals surface area contributed by atoms with Crippen LogP contribution in [0.15, 0.2) is 18.3 Å². The maximum absolute atomic E-state index is 14.6. The van der Waals surface area contributed by atoms with E-state index in [0.717, 1.165) is 11.6 Å². The molecule has 2 amide bonds. The number of rotatable bonds is 3. The predicted octanol–water partition coefficient (Wildman–Crippen LogP) is 2.70. The quantitative estimate of drug-likeness (QED) is 0.937. The molecule has 1 aromatic carbocycles. The Kier molecular flexibility index (Phi) is 3.96. The first-order chi connectivity index (χ1) is 11.5. The van der Waals surface area contributed by atoms with E-state index in [1.54, 1.807) is 7.05 Å². The van der Waals surface area contributed by atoms with Crippen LogP contribution in [0.1, 0.15) is 5.56 Å². The fourth-order valence-corrected chi connectivity index (χ4v) is 2.57. The van der Waals surface area contributed by atoms with Gasteiger partial charge in [-0.05, 0) is 6.07 Å². The molecule has 1 N–H and O–H groups in total. The Labute approximate surface area is 137 Å². The van der Waals surface area contributed by atoms with Gasteiger partial charge >= 0.3 is 6.03 Å². The van der Waals surface area contributed by atoms with Gasteiger partial charge in [-0.3, -0.25) is 9.88 Å². The zero-order valence-electron chi connectivity index (χ0n) is 13.3. The van der Waals surface area contributed by atoms with Gasteiger partial charge in [0.25, 0.3) is 0 Å². The van der Waals surface area contributed by atoms with Gasteiger partial charge in [-0.25, -0.2) is 13.6 Å². The molecule has 0 unspecified atom stereocenters. The van der Waals surface area contributed by atoms with Gasteiger partial charge in [-0.1, -0.05) is 0 Å². The van der Waals surface area contributed by atoms with E-state index in [-0.39, 0.29) is 28.8 Å². The Hall–Kier alpha value is -2.90. The van der Waals surface area contributed by atoms with Gasteiger partial charge in [0.15, 0.2) is 23.1 Å². The summed E-state index contributed by atoms with van der Waals surface area (Å²) in [5.74, 6) is -2.08. The highest BCUT2D eigenvalue weighted by Crippen LogP contribution is 2.38. The number of hydrogen-bond donors (Lipinski definition) is 1. The van der Waals surface area contributed by atoms with E-state index >= 15 is 0 Å². The number of hydrogen-bond acceptors (Lipinski definition) is 4. The zero-order chi connectivity index (χ0) is 17.4. The molecular formula is C16H15F2N3O3. The summed E-state index contributed by atoms with van der Waals surface area (Å²) in [6, 6.07) is 2.30. The highest BCUT2D eigenvalue weighted by molar-refractivity contribution is 5.94. The lowest BCUT2D eigenvalue weighted by molar-refractivity contribution is 0.246. The summed E-state index contributed by atoms with van der Waals surface area (Å²) in [5, 5.41) is 2.67. The summed E-state index contributed by atoms with van der Waals surface area (Å²) < 4.78 is 39.0. The van der Waals surface area contributed by atoms with Gasteiger partial charge in [0.1, 0.15) is 0 Å². The first kappa shape index (κ1) is 16.0. The van der Waals surface area contributed by atoms with Gasteiger partial charge in [-0.2, -0.15) is 0 Å². The molecule has 0 spiro atoms. The number of anilines is 1. The molecule has 2 heterocycles. The van der Waals surface area contributed by atoms with Crippen LogP contribution in [0.4, 0.5) is 19.3 Å². The van der Waals surface area contributed by atoms with Crippen LogP contribution in [0.5, 0.6) is 11.5 Å². The van der Waals surface area contributed by atoms with E-state index in [2.05, 4.69) is 10.3 Å². The molecule has 3 rings (SSSR count). The average Bonchev–Trinajstić information content (AvgIpc) is 2.59. The van der Waals surface area contributed by atoms with Crippen LogP contribution < -0.4 is 19.7 Å². The Morgan fingerprint density at radius 3 is 2.38 bits per heavy atom. The van der Waals surface area contributed by atoms with Crippen LogP contribution >= 0.6 is 0 Å². The number of urea groups is 1. The minimum absolute atomic E-state index is 0.0440. The van der Waals surface area contributed by atoms with Crippen molar-refractivity contribution in [2.24, 2.45) is 0 Å². The van der Waals surface area contributed by atoms with Crippen molar-refractivity contribution in [1.82, 2.24) is 10.3 Å². The first-order valence-corrected chi connectivity index (χ1v) is 7.08. The summed E-state index contributed by atoms with van der Waals surface area (Å²) >= 11 is 0. The highest BCUT2D eigenvalue weighted by Gasteiger charge is 2.26. The molecule has 24 heavy (non-hydrogen) atoms. The third-order valence-electron chi connectivity index (χ3n) is 3.89. The number of halogens is 2. The van der Waals surface area contributed by atoms with Crippen molar-refractivity contribution in [3.63, 3.8) is 0 Å². The molecular weight excluding hydrogens is 320 g/mol. The van der Waals surface area contributed by atoms with Gasteiger partial charge in [0.2, 0.25) is 0 Å². The van der Waals surface area contributed by atoms with E-state index in [0.29, 0.717) is 12.2 Å². The molecule has 0 fully saturated rings. The fourth-order valence-electron chi connectivity index (χ4n) is 2.57. The minimum Gasteiger partial charge on any atom is -0.494 e. The first-order valence-electron chi connectivity index (χ1n) is 7.08. The zero-order valence-corrected chi connectivity index (χ0v) is 13.3. The third kappa shape index (κ3) is 2.40. The number of nitrogens with one attached hydrogen (secondary N) is 1. The molecule has 2 aromatic rings. The number of pyridine rings is 1. The number of methoxy groups -OCH3 is 2. The lowest BCUT2D eigenvalue weighted by Crippen LogP contribution is -2.41. The Morgan fingerprint density at radius 1 is 1.17 bits per heavy atom. The molecule has 1 aromatic heterocycles. The molecule has 126 valence electrons. The van der Waals surface area contributed by atoms with Crippen LogP contribution in [0.2, 0.25) is 0 Å². The standard InChI is InChI=1S/C16H15F2N3O3/c1-21-10-4-9(19-6-8(10)7-20-16(21)22)13-14(17)11(23-2)5-12(24-3)15(13)18/h4-6H,7H2,1-3H3,(H,20,22). The van der Waals surface area contributed by atoms with E-state index in [1.807, 2.05) is 0 Å². The maximum Gasteiger partial charge on any atom is 0.321 e. The van der Waals surface area contributed by atoms with Gasteiger partial charge < -0.3 is 14.8 Å². The molecule has 8 heteroatoms. The normalized spacial score (nSPS) is 13.4. The number of nitrogens with zero attached hydrogens (tertiary/aromatic N) is 2. The van der Waals surface area contributed by atoms with Crippen molar-refractivity contribution in [2.45, 2.75) is 6.54 Å². The number of fused-ring (bicyclic) bond motifs is 1. The van der Waals surface area contributed by atoms with E-state index in [1.165, 1.54) is 31.4 Å². The maximum atomic E-state index is 14.6. The monoisotopic (exact) mass is 335 g/mol. The number of carbonyl (C=O) groups is 1. The molecule has 0 aliphatic carbocycles. The van der Waals surface area contributed by atoms with Crippen molar-refractivity contribution >= 4 is 11.7 Å². The summed E-state index contributed by atoms with van der Waals surface area (Å²) in [7, 11) is 4.12. The molecule has 0 radical (unpaired) electrons. The van der Waals surface area contributed by atoms with E-state index < -0.39 is 11.6 Å². The summed E-state index contributed by atoms with van der Waals surface area (Å²) in [6.45, 7) is 0.304. The van der Waals surface area contributed by atoms with Crippen molar-refractivity contribution in [1.29, 1.82) is 0 Å². The van der Waals surface area contributed by atoms with Crippen molar-refractivity contribution < 1.29 is 23.0 Å². The van der Waals surface area contributed by atoms with Crippen LogP contribution in [0, 0.1) is 11.6 Å². The number of aromatic nitrogens is 1. The Balaban J connectivity index is 2.21. The number of benzene rings is 1. The van der Waals surface area contributed by atoms with Crippen molar-refractivity contribution in [2.75, 3.05) is 26.2 Å². The molecule has 0 saturated carbocycles. The van der Waals surface area contributed by atoms with Crippen LogP contribution in [-0.4, -0.2) is 32.3 Å². The van der Waals surface area contributed by atoms with E-state index in [9.17, 15) is 13.6 Å². The third-order valence-corrected chi connectivity index (χ3v) is 3.89. The highest BCUT2D eigenvalue weighted by atomic mass is 19.1. The molecule has 0 saturated heterocycles. The Bertz CT molecular complexity index is 798. The Morgan fingerprint density at radius 2 is 1.79 bits per heavy atom. The van der Waals surface area contributed by atoms with Gasteiger partial charge in [-0.15, -0.1) is 0 Å². The minimum atomic E-state index is -0.883. The average molecular weight is 335 g/mol. The van der Waals surface area contributed by atoms with Gasteiger partial charge in [0.05, 0.1) is 31.2 Å². The van der Waals surface area contributed by atoms with Crippen LogP contribution in [0.25, 0.3) is 11.3 Å². The summed E-state index contributed by atoms with van der Waals surface area (Å²) in [6.07, 6.45) is 1.48. The van der Waals surface area contributed by atoms with Crippen LogP contribution in [0.3, 0.4) is 0 Å². The molecule has 0 bridgehead atoms. The molecule has 1 aliphatic rings. The summed E-state index contributed by atoms with van der Waals surface area (Å²) in [4.78, 5) is 17.2. The second-order valence-corrected chi connectivity index (χ2v) is 5.20. The van der Waals surface area contributed by atoms with Gasteiger partial charge in [0, 0.05) is 31.4 Å². The van der Waals surface area contributed by atoms with Crippen molar-refractivity contribution in [3.05, 3.63) is 35.5 Å². The lowest BCUT2D eigenvalue weighted by Gasteiger charge is -2.26. The lowest BCUT2D eigenvalue weighted by atomic mass is 10.1. The molecule has 0 atom stereocenters. The molecule has 6 nitrogen and oxygen atoms in total. The van der Waals surface area contributed by atoms with E-state index in [4.69, 9.17) is 9.47 Å². The second-order valence-electron chi connectivity index (χ2n) is 5.20. The predicted molar refractivity (Wildman–Crippen MR) is 83.3 cm³/mol. The fraction of sp³-hybridized carbons (Fsp3) is 0.250. The smallest absolute Gasteiger partial charge is 0.321 e. The number of amides is 2. The number of ether oxygens (including phenoxy) is 2. The largest absolute Gasteiger partial charge is 0.494 e. The van der Waals surface area contributed by atoms with Crippen LogP contribution in [-0.2, 0) is 6.54 Å². The molecule has 1 aliphatic heterocycles. The van der Waals surface area contributed by atoms with Crippen molar-refractivity contribution in [3.8, 4) is 22.8 Å².